The van der Waals surface area contributed by atoms with E-state index in [-0.39, 0.29) is 16.9 Å². The van der Waals surface area contributed by atoms with Crippen LogP contribution in [-0.2, 0) is 10.3 Å². The van der Waals surface area contributed by atoms with Gasteiger partial charge in [0, 0.05) is 19.8 Å². The van der Waals surface area contributed by atoms with Crippen molar-refractivity contribution in [2.45, 2.75) is 57.4 Å². The minimum Gasteiger partial charge on any atom is -0.382 e. The molecule has 4 aliphatic carbocycles. The zero-order chi connectivity index (χ0) is 19.0. The maximum atomic E-state index is 12.5. The molecule has 4 saturated carbocycles. The average Bonchev–Trinajstić information content (AvgIpc) is 3.07. The Bertz CT molecular complexity index is 694. The van der Waals surface area contributed by atoms with Crippen LogP contribution in [0.2, 0.25) is 0 Å². The first-order chi connectivity index (χ1) is 13.0. The number of carbonyl (C=O) groups is 1. The number of hydrogen-bond acceptors (Lipinski definition) is 5. The van der Waals surface area contributed by atoms with Gasteiger partial charge in [-0.05, 0) is 69.6 Å². The molecule has 5 rings (SSSR count). The summed E-state index contributed by atoms with van der Waals surface area (Å²) in [5.74, 6) is 1.64. The zero-order valence-corrected chi connectivity index (χ0v) is 15.9. The van der Waals surface area contributed by atoms with Gasteiger partial charge < -0.3 is 10.1 Å². The Hall–Kier alpha value is -1.96. The topological polar surface area (TPSA) is 99.3 Å². The number of aromatic nitrogens is 2. The number of amides is 1. The van der Waals surface area contributed by atoms with Crippen LogP contribution in [0.25, 0.3) is 0 Å². The number of nitrogens with zero attached hydrogens (tertiary/aromatic N) is 3. The van der Waals surface area contributed by atoms with Gasteiger partial charge in [0.15, 0.2) is 0 Å². The van der Waals surface area contributed by atoms with Crippen LogP contribution in [0.15, 0.2) is 6.20 Å². The van der Waals surface area contributed by atoms with Crippen LogP contribution in [0.1, 0.15) is 62.4 Å². The summed E-state index contributed by atoms with van der Waals surface area (Å²) in [6, 6.07) is 0. The lowest BCUT2D eigenvalue weighted by molar-refractivity contribution is -0.385. The quantitative estimate of drug-likeness (QED) is 0.427. The van der Waals surface area contributed by atoms with Crippen molar-refractivity contribution < 1.29 is 14.5 Å². The second-order valence-electron chi connectivity index (χ2n) is 8.51. The number of ether oxygens (including phenoxy) is 1. The van der Waals surface area contributed by atoms with Gasteiger partial charge in [-0.15, -0.1) is 0 Å². The van der Waals surface area contributed by atoms with Gasteiger partial charge in [-0.3, -0.25) is 19.6 Å². The fraction of sp³-hybridized carbons (Fsp3) is 0.789. The van der Waals surface area contributed by atoms with Crippen molar-refractivity contribution in [3.63, 3.8) is 0 Å². The zero-order valence-electron chi connectivity index (χ0n) is 15.9. The number of carbonyl (C=O) groups excluding carboxylic acids is 1. The molecule has 0 spiro atoms. The minimum atomic E-state index is -0.487. The van der Waals surface area contributed by atoms with Crippen LogP contribution in [0, 0.1) is 27.9 Å². The van der Waals surface area contributed by atoms with E-state index in [9.17, 15) is 14.9 Å². The van der Waals surface area contributed by atoms with Crippen molar-refractivity contribution in [2.24, 2.45) is 17.8 Å². The van der Waals surface area contributed by atoms with Gasteiger partial charge in [0.05, 0.1) is 10.5 Å². The largest absolute Gasteiger partial charge is 0.382 e. The molecule has 4 bridgehead atoms. The van der Waals surface area contributed by atoms with E-state index in [1.54, 1.807) is 4.68 Å². The van der Waals surface area contributed by atoms with E-state index in [4.69, 9.17) is 4.74 Å². The Morgan fingerprint density at radius 2 is 1.96 bits per heavy atom. The van der Waals surface area contributed by atoms with Crippen molar-refractivity contribution in [1.29, 1.82) is 0 Å². The Labute approximate surface area is 158 Å². The highest BCUT2D eigenvalue weighted by molar-refractivity contribution is 5.96. The lowest BCUT2D eigenvalue weighted by atomic mass is 9.53. The summed E-state index contributed by atoms with van der Waals surface area (Å²) in [5, 5.41) is 18.7. The van der Waals surface area contributed by atoms with E-state index in [1.165, 1.54) is 25.5 Å². The Morgan fingerprint density at radius 3 is 2.52 bits per heavy atom. The second-order valence-corrected chi connectivity index (χ2v) is 8.51. The molecule has 1 N–H and O–H groups in total. The lowest BCUT2D eigenvalue weighted by Crippen LogP contribution is -2.52. The van der Waals surface area contributed by atoms with Crippen molar-refractivity contribution in [2.75, 3.05) is 19.8 Å². The third kappa shape index (κ3) is 3.47. The summed E-state index contributed by atoms with van der Waals surface area (Å²) >= 11 is 0. The van der Waals surface area contributed by atoms with E-state index in [1.807, 2.05) is 6.92 Å². The molecular weight excluding hydrogens is 348 g/mol. The van der Waals surface area contributed by atoms with Crippen molar-refractivity contribution in [1.82, 2.24) is 15.1 Å². The standard InChI is InChI=1S/C19H28N4O4/c1-2-27-5-3-4-20-18(24)17-16(23(25)26)12-22(21-17)19-9-13-6-14(10-19)8-15(7-13)11-19/h12-15H,2-11H2,1H3,(H,20,24). The Morgan fingerprint density at radius 1 is 1.33 bits per heavy atom. The van der Waals surface area contributed by atoms with Crippen molar-refractivity contribution >= 4 is 11.6 Å². The van der Waals surface area contributed by atoms with Gasteiger partial charge in [0.25, 0.3) is 5.91 Å². The van der Waals surface area contributed by atoms with Gasteiger partial charge in [-0.2, -0.15) is 5.10 Å². The molecule has 0 radical (unpaired) electrons. The summed E-state index contributed by atoms with van der Waals surface area (Å²) in [6.45, 7) is 3.52. The van der Waals surface area contributed by atoms with Crippen LogP contribution >= 0.6 is 0 Å². The van der Waals surface area contributed by atoms with Crippen LogP contribution in [-0.4, -0.2) is 40.4 Å². The number of rotatable bonds is 8. The van der Waals surface area contributed by atoms with E-state index in [2.05, 4.69) is 10.4 Å². The highest BCUT2D eigenvalue weighted by atomic mass is 16.6. The Balaban J connectivity index is 1.53. The van der Waals surface area contributed by atoms with Gasteiger partial charge >= 0.3 is 5.69 Å². The molecule has 8 nitrogen and oxygen atoms in total. The number of nitro groups is 1. The SMILES string of the molecule is CCOCCCNC(=O)c1nn(C23CC4CC(CC(C4)C2)C3)cc1[N+](=O)[O-]. The summed E-state index contributed by atoms with van der Waals surface area (Å²) in [4.78, 5) is 23.6. The summed E-state index contributed by atoms with van der Waals surface area (Å²) in [7, 11) is 0. The van der Waals surface area contributed by atoms with Gasteiger partial charge in [0.2, 0.25) is 5.69 Å². The first kappa shape index (κ1) is 18.4. The molecule has 0 atom stereocenters. The average molecular weight is 376 g/mol. The maximum Gasteiger partial charge on any atom is 0.320 e. The molecule has 0 aliphatic heterocycles. The van der Waals surface area contributed by atoms with Crippen molar-refractivity contribution in [3.8, 4) is 0 Å². The second kappa shape index (κ2) is 7.22. The third-order valence-corrected chi connectivity index (χ3v) is 6.55. The summed E-state index contributed by atoms with van der Waals surface area (Å²) in [6.07, 6.45) is 9.14. The molecule has 0 unspecified atom stereocenters. The molecule has 1 heterocycles. The molecule has 0 aromatic carbocycles. The molecule has 148 valence electrons. The fourth-order valence-electron chi connectivity index (χ4n) is 5.85. The first-order valence-electron chi connectivity index (χ1n) is 10.1. The molecule has 1 aromatic rings. The van der Waals surface area contributed by atoms with E-state index < -0.39 is 10.8 Å². The normalized spacial score (nSPS) is 31.2. The molecule has 1 amide bonds. The summed E-state index contributed by atoms with van der Waals surface area (Å²) < 4.78 is 7.03. The third-order valence-electron chi connectivity index (χ3n) is 6.55. The monoisotopic (exact) mass is 376 g/mol. The van der Waals surface area contributed by atoms with E-state index >= 15 is 0 Å². The first-order valence-corrected chi connectivity index (χ1v) is 10.1. The maximum absolute atomic E-state index is 12.5. The Kier molecular flexibility index (Phi) is 4.92. The van der Waals surface area contributed by atoms with Crippen LogP contribution in [0.5, 0.6) is 0 Å². The van der Waals surface area contributed by atoms with Crippen LogP contribution in [0.4, 0.5) is 5.69 Å². The molecule has 0 saturated heterocycles. The fourth-order valence-corrected chi connectivity index (χ4v) is 5.85. The highest BCUT2D eigenvalue weighted by Crippen LogP contribution is 2.58. The molecule has 4 fully saturated rings. The lowest BCUT2D eigenvalue weighted by Gasteiger charge is -2.56. The van der Waals surface area contributed by atoms with E-state index in [0.29, 0.717) is 43.9 Å². The van der Waals surface area contributed by atoms with E-state index in [0.717, 1.165) is 19.3 Å². The molecule has 1 aromatic heterocycles. The molecule has 8 heteroatoms. The van der Waals surface area contributed by atoms with Crippen LogP contribution < -0.4 is 5.32 Å². The van der Waals surface area contributed by atoms with Gasteiger partial charge in [-0.1, -0.05) is 0 Å². The summed E-state index contributed by atoms with van der Waals surface area (Å²) in [5.41, 5.74) is -0.382. The number of hydrogen-bond donors (Lipinski definition) is 1. The highest BCUT2D eigenvalue weighted by Gasteiger charge is 2.53. The predicted molar refractivity (Wildman–Crippen MR) is 98.5 cm³/mol. The van der Waals surface area contributed by atoms with Gasteiger partial charge in [0.1, 0.15) is 6.20 Å². The number of nitrogens with one attached hydrogen (secondary N) is 1. The smallest absolute Gasteiger partial charge is 0.320 e. The molecule has 27 heavy (non-hydrogen) atoms. The predicted octanol–water partition coefficient (Wildman–Crippen LogP) is 2.87. The van der Waals surface area contributed by atoms with Crippen LogP contribution in [0.3, 0.4) is 0 Å². The molecular formula is C19H28N4O4. The van der Waals surface area contributed by atoms with Gasteiger partial charge in [-0.25, -0.2) is 0 Å². The minimum absolute atomic E-state index is 0.0628. The van der Waals surface area contributed by atoms with Crippen molar-refractivity contribution in [3.05, 3.63) is 22.0 Å². The molecule has 4 aliphatic rings.